The molecule has 1 fully saturated rings. The highest BCUT2D eigenvalue weighted by atomic mass is 32.1. The largest absolute Gasteiger partial charge is 0.495 e. The third-order valence-corrected chi connectivity index (χ3v) is 7.06. The molecule has 0 bridgehead atoms. The maximum atomic E-state index is 13.4. The number of carbonyl (C=O) groups is 3. The van der Waals surface area contributed by atoms with Crippen molar-refractivity contribution in [3.63, 3.8) is 0 Å². The number of amides is 2. The molecule has 2 amide bonds. The SMILES string of the molecule is COc1ccccc1N1CCN(c2nc(NC(=O)C(C)(C)C)c(C(=O)c3ccc([N+](=O)[O-])cc3)s2)CC1=O. The van der Waals surface area contributed by atoms with Crippen molar-refractivity contribution in [2.75, 3.05) is 41.9 Å². The maximum absolute atomic E-state index is 13.4. The van der Waals surface area contributed by atoms with Gasteiger partial charge < -0.3 is 19.9 Å². The van der Waals surface area contributed by atoms with E-state index in [4.69, 9.17) is 4.74 Å². The van der Waals surface area contributed by atoms with Crippen LogP contribution in [0.15, 0.2) is 48.5 Å². The van der Waals surface area contributed by atoms with Gasteiger partial charge in [0.1, 0.15) is 10.6 Å². The lowest BCUT2D eigenvalue weighted by Gasteiger charge is -2.34. The summed E-state index contributed by atoms with van der Waals surface area (Å²) in [7, 11) is 1.55. The summed E-state index contributed by atoms with van der Waals surface area (Å²) in [5.74, 6) is -0.255. The molecule has 0 spiro atoms. The number of methoxy groups -OCH3 is 1. The van der Waals surface area contributed by atoms with Crippen LogP contribution in [0.25, 0.3) is 0 Å². The Kier molecular flexibility index (Phi) is 7.44. The third kappa shape index (κ3) is 5.49. The van der Waals surface area contributed by atoms with Crippen LogP contribution in [0.2, 0.25) is 0 Å². The lowest BCUT2D eigenvalue weighted by Crippen LogP contribution is -2.50. The van der Waals surface area contributed by atoms with Crippen LogP contribution in [-0.4, -0.2) is 54.2 Å². The van der Waals surface area contributed by atoms with Gasteiger partial charge in [-0.05, 0) is 24.3 Å². The Labute approximate surface area is 223 Å². The number of carbonyl (C=O) groups excluding carboxylic acids is 3. The fourth-order valence-electron chi connectivity index (χ4n) is 3.79. The number of nitrogens with one attached hydrogen (secondary N) is 1. The van der Waals surface area contributed by atoms with Crippen molar-refractivity contribution in [3.05, 3.63) is 69.1 Å². The van der Waals surface area contributed by atoms with Gasteiger partial charge in [-0.25, -0.2) is 4.98 Å². The molecule has 0 radical (unpaired) electrons. The number of rotatable bonds is 7. The molecule has 38 heavy (non-hydrogen) atoms. The van der Waals surface area contributed by atoms with Crippen molar-refractivity contribution < 1.29 is 24.0 Å². The molecule has 0 saturated carbocycles. The Morgan fingerprint density at radius 3 is 2.39 bits per heavy atom. The summed E-state index contributed by atoms with van der Waals surface area (Å²) in [6, 6.07) is 12.5. The first-order chi connectivity index (χ1) is 18.0. The molecule has 1 aliphatic rings. The highest BCUT2D eigenvalue weighted by Crippen LogP contribution is 2.35. The third-order valence-electron chi connectivity index (χ3n) is 5.94. The number of nitro benzene ring substituents is 1. The zero-order chi connectivity index (χ0) is 27.6. The Bertz CT molecular complexity index is 1400. The van der Waals surface area contributed by atoms with Crippen molar-refractivity contribution in [1.29, 1.82) is 0 Å². The van der Waals surface area contributed by atoms with E-state index in [-0.39, 0.29) is 40.3 Å². The van der Waals surface area contributed by atoms with Gasteiger partial charge in [0.15, 0.2) is 10.9 Å². The molecule has 2 aromatic carbocycles. The van der Waals surface area contributed by atoms with E-state index in [1.54, 1.807) is 43.7 Å². The van der Waals surface area contributed by atoms with Crippen molar-refractivity contribution in [2.24, 2.45) is 5.41 Å². The number of ether oxygens (including phenoxy) is 1. The molecular weight excluding hydrogens is 510 g/mol. The highest BCUT2D eigenvalue weighted by Gasteiger charge is 2.32. The zero-order valence-corrected chi connectivity index (χ0v) is 22.2. The molecule has 11 nitrogen and oxygen atoms in total. The number of nitrogens with zero attached hydrogens (tertiary/aromatic N) is 4. The van der Waals surface area contributed by atoms with Crippen LogP contribution in [0.3, 0.4) is 0 Å². The first-order valence-corrected chi connectivity index (χ1v) is 12.6. The number of piperazine rings is 1. The van der Waals surface area contributed by atoms with Gasteiger partial charge >= 0.3 is 0 Å². The van der Waals surface area contributed by atoms with Crippen LogP contribution in [-0.2, 0) is 9.59 Å². The van der Waals surface area contributed by atoms with Crippen molar-refractivity contribution in [3.8, 4) is 5.75 Å². The lowest BCUT2D eigenvalue weighted by molar-refractivity contribution is -0.384. The molecule has 1 aliphatic heterocycles. The van der Waals surface area contributed by atoms with Crippen LogP contribution in [0.1, 0.15) is 36.0 Å². The van der Waals surface area contributed by atoms with Crippen molar-refractivity contribution in [2.45, 2.75) is 20.8 Å². The van der Waals surface area contributed by atoms with Crippen LogP contribution >= 0.6 is 11.3 Å². The maximum Gasteiger partial charge on any atom is 0.269 e. The van der Waals surface area contributed by atoms with E-state index in [1.165, 1.54) is 24.3 Å². The summed E-state index contributed by atoms with van der Waals surface area (Å²) in [5, 5.41) is 14.2. The molecule has 2 heterocycles. The quantitative estimate of drug-likeness (QED) is 0.270. The molecule has 198 valence electrons. The predicted molar refractivity (Wildman–Crippen MR) is 144 cm³/mol. The zero-order valence-electron chi connectivity index (χ0n) is 21.4. The van der Waals surface area contributed by atoms with Crippen LogP contribution in [0.4, 0.5) is 22.3 Å². The monoisotopic (exact) mass is 537 g/mol. The average molecular weight is 538 g/mol. The van der Waals surface area contributed by atoms with Gasteiger partial charge in [0.25, 0.3) is 5.69 Å². The fourth-order valence-corrected chi connectivity index (χ4v) is 4.80. The number of hydrogen-bond acceptors (Lipinski definition) is 9. The second kappa shape index (κ2) is 10.6. The predicted octanol–water partition coefficient (Wildman–Crippen LogP) is 4.13. The minimum Gasteiger partial charge on any atom is -0.495 e. The molecule has 12 heteroatoms. The van der Waals surface area contributed by atoms with E-state index < -0.39 is 16.1 Å². The molecule has 0 atom stereocenters. The summed E-state index contributed by atoms with van der Waals surface area (Å²) in [4.78, 5) is 57.8. The number of benzene rings is 2. The minimum atomic E-state index is -0.742. The first kappa shape index (κ1) is 26.7. The van der Waals surface area contributed by atoms with Crippen LogP contribution < -0.4 is 19.9 Å². The Morgan fingerprint density at radius 2 is 1.79 bits per heavy atom. The molecule has 3 aromatic rings. The number of nitro groups is 1. The topological polar surface area (TPSA) is 135 Å². The summed E-state index contributed by atoms with van der Waals surface area (Å²) < 4.78 is 5.40. The molecule has 0 unspecified atom stereocenters. The number of thiazole rings is 1. The summed E-state index contributed by atoms with van der Waals surface area (Å²) in [5.41, 5.74) is 0.00709. The molecule has 0 aliphatic carbocycles. The number of ketones is 1. The Balaban J connectivity index is 1.63. The second-order valence-corrected chi connectivity index (χ2v) is 10.6. The van der Waals surface area contributed by atoms with Crippen LogP contribution in [0, 0.1) is 15.5 Å². The minimum absolute atomic E-state index is 0.0172. The smallest absolute Gasteiger partial charge is 0.269 e. The van der Waals surface area contributed by atoms with E-state index in [2.05, 4.69) is 10.3 Å². The number of anilines is 3. The Hall–Kier alpha value is -4.32. The van der Waals surface area contributed by atoms with Gasteiger partial charge in [0, 0.05) is 36.2 Å². The molecule has 4 rings (SSSR count). The van der Waals surface area contributed by atoms with Gasteiger partial charge in [-0.15, -0.1) is 0 Å². The van der Waals surface area contributed by atoms with E-state index in [0.29, 0.717) is 29.7 Å². The summed E-state index contributed by atoms with van der Waals surface area (Å²) in [6.07, 6.45) is 0. The average Bonchev–Trinajstić information content (AvgIpc) is 3.31. The number of non-ortho nitro benzene ring substituents is 1. The number of hydrogen-bond donors (Lipinski definition) is 1. The van der Waals surface area contributed by atoms with Gasteiger partial charge in [-0.1, -0.05) is 44.2 Å². The highest BCUT2D eigenvalue weighted by molar-refractivity contribution is 7.18. The second-order valence-electron chi connectivity index (χ2n) is 9.65. The van der Waals surface area contributed by atoms with Gasteiger partial charge in [0.05, 0.1) is 24.3 Å². The standard InChI is InChI=1S/C26H27N5O6S/c1-26(2,3)24(34)27-23-22(21(33)16-9-11-17(12-10-16)31(35)36)38-25(28-23)29-13-14-30(20(32)15-29)18-7-5-6-8-19(18)37-4/h5-12H,13-15H2,1-4H3,(H,27,34). The first-order valence-electron chi connectivity index (χ1n) is 11.8. The number of aromatic nitrogens is 1. The van der Waals surface area contributed by atoms with Crippen molar-refractivity contribution in [1.82, 2.24) is 4.98 Å². The van der Waals surface area contributed by atoms with E-state index in [0.717, 1.165) is 11.3 Å². The number of para-hydroxylation sites is 2. The van der Waals surface area contributed by atoms with E-state index in [1.807, 2.05) is 18.2 Å². The van der Waals surface area contributed by atoms with Gasteiger partial charge in [0.2, 0.25) is 17.6 Å². The van der Waals surface area contributed by atoms with Crippen molar-refractivity contribution >= 4 is 51.3 Å². The van der Waals surface area contributed by atoms with Gasteiger partial charge in [-0.2, -0.15) is 0 Å². The van der Waals surface area contributed by atoms with E-state index in [9.17, 15) is 24.5 Å². The van der Waals surface area contributed by atoms with Crippen LogP contribution in [0.5, 0.6) is 5.75 Å². The summed E-state index contributed by atoms with van der Waals surface area (Å²) in [6.45, 7) is 6.04. The summed E-state index contributed by atoms with van der Waals surface area (Å²) >= 11 is 1.06. The molecule has 1 aromatic heterocycles. The van der Waals surface area contributed by atoms with E-state index >= 15 is 0 Å². The fraction of sp³-hybridized carbons (Fsp3) is 0.308. The lowest BCUT2D eigenvalue weighted by atomic mass is 9.96. The normalized spacial score (nSPS) is 13.8. The molecule has 1 N–H and O–H groups in total. The Morgan fingerprint density at radius 1 is 1.11 bits per heavy atom. The van der Waals surface area contributed by atoms with Gasteiger partial charge in [-0.3, -0.25) is 24.5 Å². The molecule has 1 saturated heterocycles. The molecular formula is C26H27N5O6S.